The van der Waals surface area contributed by atoms with E-state index in [1.807, 2.05) is 66.7 Å². The lowest BCUT2D eigenvalue weighted by molar-refractivity contribution is 0.628. The van der Waals surface area contributed by atoms with E-state index in [0.717, 1.165) is 44.5 Å². The Hall–Kier alpha value is -6.72. The number of rotatable bonds is 6. The van der Waals surface area contributed by atoms with Crippen molar-refractivity contribution >= 4 is 21.8 Å². The molecule has 2 heterocycles. The number of nitrogens with zero attached hydrogens (tertiary/aromatic N) is 4. The van der Waals surface area contributed by atoms with E-state index in [4.69, 9.17) is 15.0 Å². The fourth-order valence-corrected chi connectivity index (χ4v) is 7.74. The van der Waals surface area contributed by atoms with E-state index in [1.165, 1.54) is 44.7 Å². The highest BCUT2D eigenvalue weighted by atomic mass is 19.1. The van der Waals surface area contributed by atoms with Crippen molar-refractivity contribution in [2.75, 3.05) is 0 Å². The lowest BCUT2D eigenvalue weighted by Gasteiger charge is -2.16. The summed E-state index contributed by atoms with van der Waals surface area (Å²) in [7, 11) is 0. The van der Waals surface area contributed by atoms with Gasteiger partial charge in [0.1, 0.15) is 5.82 Å². The molecule has 9 aromatic rings. The molecule has 0 unspecified atom stereocenters. The molecule has 0 radical (unpaired) electrons. The first-order valence-corrected chi connectivity index (χ1v) is 17.8. The van der Waals surface area contributed by atoms with Crippen molar-refractivity contribution in [2.24, 2.45) is 0 Å². The second-order valence-electron chi connectivity index (χ2n) is 13.6. The Morgan fingerprint density at radius 3 is 1.72 bits per heavy atom. The van der Waals surface area contributed by atoms with Gasteiger partial charge in [-0.15, -0.1) is 0 Å². The zero-order valence-corrected chi connectivity index (χ0v) is 29.7. The van der Waals surface area contributed by atoms with Gasteiger partial charge in [0.05, 0.1) is 11.0 Å². The summed E-state index contributed by atoms with van der Waals surface area (Å²) in [6, 6.07) is 52.7. The number of benzene rings is 7. The van der Waals surface area contributed by atoms with Gasteiger partial charge in [-0.3, -0.25) is 0 Å². The minimum atomic E-state index is -0.305. The van der Waals surface area contributed by atoms with Gasteiger partial charge in [-0.25, -0.2) is 19.3 Å². The largest absolute Gasteiger partial charge is 0.309 e. The third-order valence-electron chi connectivity index (χ3n) is 9.98. The second kappa shape index (κ2) is 13.1. The van der Waals surface area contributed by atoms with Crippen LogP contribution in [0.25, 0.3) is 83.9 Å². The normalized spacial score (nSPS) is 11.4. The molecular formula is C48H35FN4. The quantitative estimate of drug-likeness (QED) is 0.175. The molecule has 0 N–H and O–H groups in total. The van der Waals surface area contributed by atoms with Crippen molar-refractivity contribution in [1.29, 1.82) is 0 Å². The number of aryl methyl sites for hydroxylation is 3. The fraction of sp³-hybridized carbons (Fsp3) is 0.0625. The van der Waals surface area contributed by atoms with Crippen LogP contribution in [0.15, 0.2) is 158 Å². The van der Waals surface area contributed by atoms with Gasteiger partial charge in [-0.1, -0.05) is 121 Å². The van der Waals surface area contributed by atoms with Crippen LogP contribution in [0.1, 0.15) is 16.7 Å². The van der Waals surface area contributed by atoms with Crippen LogP contribution in [0.4, 0.5) is 4.39 Å². The fourth-order valence-electron chi connectivity index (χ4n) is 7.74. The molecule has 254 valence electrons. The number of hydrogen-bond donors (Lipinski definition) is 0. The molecule has 0 fully saturated rings. The Bertz CT molecular complexity index is 2740. The van der Waals surface area contributed by atoms with E-state index in [1.54, 1.807) is 12.1 Å². The first-order chi connectivity index (χ1) is 25.9. The van der Waals surface area contributed by atoms with Crippen molar-refractivity contribution in [3.05, 3.63) is 180 Å². The molecule has 5 heteroatoms. The van der Waals surface area contributed by atoms with Crippen molar-refractivity contribution < 1.29 is 4.39 Å². The summed E-state index contributed by atoms with van der Waals surface area (Å²) in [6.45, 7) is 6.53. The van der Waals surface area contributed by atoms with Gasteiger partial charge in [-0.05, 0) is 96.6 Å². The Balaban J connectivity index is 1.30. The van der Waals surface area contributed by atoms with Gasteiger partial charge in [0.25, 0.3) is 0 Å². The van der Waals surface area contributed by atoms with E-state index in [-0.39, 0.29) is 5.82 Å². The zero-order valence-electron chi connectivity index (χ0n) is 29.7. The third kappa shape index (κ3) is 5.86. The van der Waals surface area contributed by atoms with E-state index < -0.39 is 0 Å². The summed E-state index contributed by atoms with van der Waals surface area (Å²) in [5, 5.41) is 2.34. The van der Waals surface area contributed by atoms with Crippen LogP contribution >= 0.6 is 0 Å². The summed E-state index contributed by atoms with van der Waals surface area (Å²) in [4.78, 5) is 15.1. The summed E-state index contributed by atoms with van der Waals surface area (Å²) in [6.07, 6.45) is 0. The summed E-state index contributed by atoms with van der Waals surface area (Å²) in [5.74, 6) is 1.33. The maximum atomic E-state index is 14.8. The first-order valence-electron chi connectivity index (χ1n) is 17.8. The Labute approximate surface area is 307 Å². The third-order valence-corrected chi connectivity index (χ3v) is 9.98. The topological polar surface area (TPSA) is 43.6 Å². The Morgan fingerprint density at radius 1 is 0.434 bits per heavy atom. The molecule has 0 amide bonds. The minimum absolute atomic E-state index is 0.305. The van der Waals surface area contributed by atoms with Crippen LogP contribution in [0.3, 0.4) is 0 Å². The average Bonchev–Trinajstić information content (AvgIpc) is 3.51. The van der Waals surface area contributed by atoms with Crippen LogP contribution in [-0.4, -0.2) is 19.5 Å². The second-order valence-corrected chi connectivity index (χ2v) is 13.6. The predicted octanol–water partition coefficient (Wildman–Crippen LogP) is 12.4. The maximum Gasteiger partial charge on any atom is 0.164 e. The molecule has 0 aliphatic heterocycles. The molecule has 2 aromatic heterocycles. The number of halogens is 1. The average molecular weight is 687 g/mol. The number of hydrogen-bond acceptors (Lipinski definition) is 3. The van der Waals surface area contributed by atoms with Gasteiger partial charge in [0.2, 0.25) is 0 Å². The molecule has 0 aliphatic carbocycles. The monoisotopic (exact) mass is 686 g/mol. The number of aromatic nitrogens is 4. The number of para-hydroxylation sites is 1. The Kier molecular flexibility index (Phi) is 7.97. The van der Waals surface area contributed by atoms with Crippen LogP contribution in [-0.2, 0) is 0 Å². The lowest BCUT2D eigenvalue weighted by Crippen LogP contribution is -2.02. The molecule has 0 saturated carbocycles. The molecule has 0 spiro atoms. The SMILES string of the molecule is Cc1cc(C)c(-c2ccc3c(c2)c2ccccc2n3-c2ccc(-c3cccc(F)c3)c(-c3nc(-c4ccccc4)nc(-c4ccccc4)n3)c2)c(C)c1. The van der Waals surface area contributed by atoms with Crippen molar-refractivity contribution in [2.45, 2.75) is 20.8 Å². The molecule has 0 bridgehead atoms. The van der Waals surface area contributed by atoms with Gasteiger partial charge < -0.3 is 4.57 Å². The Morgan fingerprint density at radius 2 is 1.04 bits per heavy atom. The van der Waals surface area contributed by atoms with E-state index in [9.17, 15) is 4.39 Å². The van der Waals surface area contributed by atoms with E-state index >= 15 is 0 Å². The highest BCUT2D eigenvalue weighted by molar-refractivity contribution is 6.10. The molecular weight excluding hydrogens is 652 g/mol. The predicted molar refractivity (Wildman–Crippen MR) is 216 cm³/mol. The molecule has 0 aliphatic rings. The lowest BCUT2D eigenvalue weighted by atomic mass is 9.93. The maximum absolute atomic E-state index is 14.8. The van der Waals surface area contributed by atoms with Crippen LogP contribution in [0.5, 0.6) is 0 Å². The van der Waals surface area contributed by atoms with Crippen molar-refractivity contribution in [3.8, 4) is 62.1 Å². The highest BCUT2D eigenvalue weighted by Gasteiger charge is 2.20. The van der Waals surface area contributed by atoms with Crippen molar-refractivity contribution in [1.82, 2.24) is 19.5 Å². The van der Waals surface area contributed by atoms with E-state index in [0.29, 0.717) is 17.5 Å². The summed E-state index contributed by atoms with van der Waals surface area (Å²) < 4.78 is 17.1. The van der Waals surface area contributed by atoms with Crippen LogP contribution in [0.2, 0.25) is 0 Å². The molecule has 53 heavy (non-hydrogen) atoms. The first kappa shape index (κ1) is 32.2. The van der Waals surface area contributed by atoms with Crippen LogP contribution < -0.4 is 0 Å². The molecule has 0 atom stereocenters. The number of fused-ring (bicyclic) bond motifs is 3. The van der Waals surface area contributed by atoms with Gasteiger partial charge in [-0.2, -0.15) is 0 Å². The highest BCUT2D eigenvalue weighted by Crippen LogP contribution is 2.40. The minimum Gasteiger partial charge on any atom is -0.309 e. The smallest absolute Gasteiger partial charge is 0.164 e. The molecule has 9 rings (SSSR count). The van der Waals surface area contributed by atoms with Crippen molar-refractivity contribution in [3.63, 3.8) is 0 Å². The van der Waals surface area contributed by atoms with Gasteiger partial charge in [0, 0.05) is 33.2 Å². The molecule has 4 nitrogen and oxygen atoms in total. The zero-order chi connectivity index (χ0) is 36.1. The summed E-state index contributed by atoms with van der Waals surface area (Å²) >= 11 is 0. The molecule has 7 aromatic carbocycles. The van der Waals surface area contributed by atoms with Gasteiger partial charge in [0.15, 0.2) is 17.5 Å². The molecule has 0 saturated heterocycles. The van der Waals surface area contributed by atoms with Gasteiger partial charge >= 0.3 is 0 Å². The van der Waals surface area contributed by atoms with E-state index in [2.05, 4.69) is 98.1 Å². The standard InChI is InChI=1S/C48H35FN4/c1-30-25-31(2)45(32(3)26-30)36-21-24-44-41(28-36)40-19-10-11-20-43(40)53(44)38-22-23-39(35-17-12-18-37(49)27-35)42(29-38)48-51-46(33-13-6-4-7-14-33)50-47(52-48)34-15-8-5-9-16-34/h4-29H,1-3H3. The summed E-state index contributed by atoms with van der Waals surface area (Å²) in [5.41, 5.74) is 13.5. The van der Waals surface area contributed by atoms with Crippen LogP contribution in [0, 0.1) is 26.6 Å².